The molecule has 1 fully saturated rings. The number of piperidine rings is 1. The van der Waals surface area contributed by atoms with Crippen LogP contribution in [0.2, 0.25) is 10.0 Å². The first-order chi connectivity index (χ1) is 10.2. The van der Waals surface area contributed by atoms with Gasteiger partial charge in [-0.25, -0.2) is 4.98 Å². The normalized spacial score (nSPS) is 18.9. The predicted molar refractivity (Wildman–Crippen MR) is 89.9 cm³/mol. The Hall–Kier alpha value is -0.710. The first-order valence-corrected chi connectivity index (χ1v) is 8.37. The van der Waals surface area contributed by atoms with E-state index in [-0.39, 0.29) is 6.10 Å². The molecule has 118 valence electrons. The topological polar surface area (TPSA) is 37.4 Å². The molecule has 1 unspecified atom stereocenters. The maximum absolute atomic E-state index is 6.33. The first-order valence-electron chi connectivity index (χ1n) is 7.62. The molecule has 1 saturated heterocycles. The van der Waals surface area contributed by atoms with Crippen molar-refractivity contribution in [3.63, 3.8) is 0 Å². The smallest absolute Gasteiger partial charge is 0.150 e. The summed E-state index contributed by atoms with van der Waals surface area (Å²) >= 11 is 12.5. The number of aromatic nitrogens is 1. The SMILES string of the molecule is CCCOC1CCCN(c2nc(NCC)c(Cl)cc2Cl)C1. The van der Waals surface area contributed by atoms with Crippen molar-refractivity contribution in [1.82, 2.24) is 4.98 Å². The second-order valence-corrected chi connectivity index (χ2v) is 6.05. The fraction of sp³-hybridized carbons (Fsp3) is 0.667. The van der Waals surface area contributed by atoms with Crippen LogP contribution in [0.3, 0.4) is 0 Å². The highest BCUT2D eigenvalue weighted by molar-refractivity contribution is 6.37. The van der Waals surface area contributed by atoms with Crippen molar-refractivity contribution in [2.75, 3.05) is 36.5 Å². The van der Waals surface area contributed by atoms with Crippen molar-refractivity contribution in [2.24, 2.45) is 0 Å². The summed E-state index contributed by atoms with van der Waals surface area (Å²) in [4.78, 5) is 6.79. The molecule has 0 bridgehead atoms. The van der Waals surface area contributed by atoms with Gasteiger partial charge >= 0.3 is 0 Å². The quantitative estimate of drug-likeness (QED) is 0.846. The zero-order valence-electron chi connectivity index (χ0n) is 12.7. The highest BCUT2D eigenvalue weighted by Gasteiger charge is 2.23. The Morgan fingerprint density at radius 3 is 2.90 bits per heavy atom. The lowest BCUT2D eigenvalue weighted by atomic mass is 10.1. The van der Waals surface area contributed by atoms with Crippen LogP contribution in [0.4, 0.5) is 11.6 Å². The van der Waals surface area contributed by atoms with Gasteiger partial charge in [0.25, 0.3) is 0 Å². The van der Waals surface area contributed by atoms with E-state index in [1.54, 1.807) is 6.07 Å². The van der Waals surface area contributed by atoms with Gasteiger partial charge in [-0.1, -0.05) is 30.1 Å². The van der Waals surface area contributed by atoms with E-state index in [9.17, 15) is 0 Å². The van der Waals surface area contributed by atoms with Crippen LogP contribution in [-0.2, 0) is 4.74 Å². The Kier molecular flexibility index (Phi) is 6.40. The molecule has 0 radical (unpaired) electrons. The number of rotatable bonds is 6. The Morgan fingerprint density at radius 1 is 1.38 bits per heavy atom. The molecule has 0 aliphatic carbocycles. The number of halogens is 2. The van der Waals surface area contributed by atoms with Crippen molar-refractivity contribution in [3.8, 4) is 0 Å². The van der Waals surface area contributed by atoms with Crippen LogP contribution in [0.5, 0.6) is 0 Å². The van der Waals surface area contributed by atoms with Crippen LogP contribution in [0.15, 0.2) is 6.07 Å². The predicted octanol–water partition coefficient (Wildman–Crippen LogP) is 4.22. The fourth-order valence-electron chi connectivity index (χ4n) is 2.52. The maximum Gasteiger partial charge on any atom is 0.150 e. The minimum Gasteiger partial charge on any atom is -0.376 e. The van der Waals surface area contributed by atoms with Crippen molar-refractivity contribution in [2.45, 2.75) is 39.2 Å². The molecule has 0 spiro atoms. The van der Waals surface area contributed by atoms with Crippen molar-refractivity contribution < 1.29 is 4.74 Å². The van der Waals surface area contributed by atoms with Crippen LogP contribution < -0.4 is 10.2 Å². The maximum atomic E-state index is 6.33. The van der Waals surface area contributed by atoms with E-state index in [0.717, 1.165) is 51.3 Å². The third-order valence-electron chi connectivity index (χ3n) is 3.49. The highest BCUT2D eigenvalue weighted by atomic mass is 35.5. The third-order valence-corrected chi connectivity index (χ3v) is 4.06. The van der Waals surface area contributed by atoms with Crippen LogP contribution in [-0.4, -0.2) is 37.3 Å². The second kappa shape index (κ2) is 8.06. The number of hydrogen-bond donors (Lipinski definition) is 1. The van der Waals surface area contributed by atoms with Gasteiger partial charge in [-0.2, -0.15) is 0 Å². The van der Waals surface area contributed by atoms with Gasteiger partial charge in [0, 0.05) is 26.2 Å². The second-order valence-electron chi connectivity index (χ2n) is 5.24. The highest BCUT2D eigenvalue weighted by Crippen LogP contribution is 2.33. The van der Waals surface area contributed by atoms with Crippen molar-refractivity contribution in [1.29, 1.82) is 0 Å². The zero-order chi connectivity index (χ0) is 15.2. The molecule has 0 amide bonds. The van der Waals surface area contributed by atoms with Gasteiger partial charge < -0.3 is 15.0 Å². The van der Waals surface area contributed by atoms with E-state index in [1.807, 2.05) is 6.92 Å². The molecule has 1 aliphatic heterocycles. The number of anilines is 2. The van der Waals surface area contributed by atoms with E-state index < -0.39 is 0 Å². The summed E-state index contributed by atoms with van der Waals surface area (Å²) < 4.78 is 5.87. The van der Waals surface area contributed by atoms with Crippen molar-refractivity contribution >= 4 is 34.8 Å². The lowest BCUT2D eigenvalue weighted by Gasteiger charge is -2.34. The average molecular weight is 332 g/mol. The Balaban J connectivity index is 2.14. The van der Waals surface area contributed by atoms with E-state index in [4.69, 9.17) is 27.9 Å². The Labute approximate surface area is 136 Å². The molecule has 2 rings (SSSR count). The molecule has 0 saturated carbocycles. The minimum absolute atomic E-state index is 0.259. The van der Waals surface area contributed by atoms with Gasteiger partial charge in [0.05, 0.1) is 16.1 Å². The summed E-state index contributed by atoms with van der Waals surface area (Å²) in [7, 11) is 0. The number of pyridine rings is 1. The van der Waals surface area contributed by atoms with Gasteiger partial charge in [-0.05, 0) is 32.3 Å². The first kappa shape index (κ1) is 16.7. The molecule has 6 heteroatoms. The van der Waals surface area contributed by atoms with E-state index in [0.29, 0.717) is 15.9 Å². The molecule has 4 nitrogen and oxygen atoms in total. The molecule has 1 aromatic rings. The number of nitrogens with zero attached hydrogens (tertiary/aromatic N) is 2. The largest absolute Gasteiger partial charge is 0.376 e. The molecule has 1 aliphatic rings. The standard InChI is InChI=1S/C15H23Cl2N3O/c1-3-8-21-11-6-5-7-20(10-11)15-13(17)9-12(16)14(19-15)18-4-2/h9,11H,3-8,10H2,1-2H3,(H,18,19). The summed E-state index contributed by atoms with van der Waals surface area (Å²) in [5, 5.41) is 4.32. The van der Waals surface area contributed by atoms with Crippen LogP contribution in [0.25, 0.3) is 0 Å². The monoisotopic (exact) mass is 331 g/mol. The van der Waals surface area contributed by atoms with Gasteiger partial charge in [0.2, 0.25) is 0 Å². The fourth-order valence-corrected chi connectivity index (χ4v) is 3.07. The molecule has 1 atom stereocenters. The summed E-state index contributed by atoms with van der Waals surface area (Å²) in [6, 6.07) is 1.76. The Bertz CT molecular complexity index is 470. The molecule has 1 N–H and O–H groups in total. The molecule has 21 heavy (non-hydrogen) atoms. The third kappa shape index (κ3) is 4.38. The number of hydrogen-bond acceptors (Lipinski definition) is 4. The minimum atomic E-state index is 0.259. The Morgan fingerprint density at radius 2 is 2.19 bits per heavy atom. The molecular formula is C15H23Cl2N3O. The summed E-state index contributed by atoms with van der Waals surface area (Å²) in [6.45, 7) is 7.51. The molecule has 1 aromatic heterocycles. The summed E-state index contributed by atoms with van der Waals surface area (Å²) in [6.07, 6.45) is 3.49. The van der Waals surface area contributed by atoms with Gasteiger partial charge in [-0.15, -0.1) is 0 Å². The van der Waals surface area contributed by atoms with Gasteiger partial charge in [0.15, 0.2) is 0 Å². The lowest BCUT2D eigenvalue weighted by molar-refractivity contribution is 0.0439. The van der Waals surface area contributed by atoms with Crippen LogP contribution in [0.1, 0.15) is 33.1 Å². The van der Waals surface area contributed by atoms with Gasteiger partial charge in [0.1, 0.15) is 11.6 Å². The average Bonchev–Trinajstić information content (AvgIpc) is 2.48. The van der Waals surface area contributed by atoms with Crippen LogP contribution >= 0.6 is 23.2 Å². The summed E-state index contributed by atoms with van der Waals surface area (Å²) in [5.74, 6) is 1.48. The van der Waals surface area contributed by atoms with Gasteiger partial charge in [-0.3, -0.25) is 0 Å². The lowest BCUT2D eigenvalue weighted by Crippen LogP contribution is -2.40. The van der Waals surface area contributed by atoms with Crippen LogP contribution in [0, 0.1) is 0 Å². The van der Waals surface area contributed by atoms with Crippen molar-refractivity contribution in [3.05, 3.63) is 16.1 Å². The zero-order valence-corrected chi connectivity index (χ0v) is 14.2. The van der Waals surface area contributed by atoms with E-state index >= 15 is 0 Å². The summed E-state index contributed by atoms with van der Waals surface area (Å²) in [5.41, 5.74) is 0. The van der Waals surface area contributed by atoms with E-state index in [1.165, 1.54) is 0 Å². The number of nitrogens with one attached hydrogen (secondary N) is 1. The molecule has 0 aromatic carbocycles. The number of ether oxygens (including phenoxy) is 1. The molecular weight excluding hydrogens is 309 g/mol. The molecule has 2 heterocycles. The van der Waals surface area contributed by atoms with E-state index in [2.05, 4.69) is 22.1 Å².